The summed E-state index contributed by atoms with van der Waals surface area (Å²) >= 11 is 6.44. The minimum atomic E-state index is -0.753. The van der Waals surface area contributed by atoms with Crippen molar-refractivity contribution in [1.82, 2.24) is 4.98 Å². The van der Waals surface area contributed by atoms with Gasteiger partial charge in [0.05, 0.1) is 39.3 Å². The Balaban J connectivity index is 1.29. The Bertz CT molecular complexity index is 1790. The molecule has 1 aromatic heterocycles. The summed E-state index contributed by atoms with van der Waals surface area (Å²) in [4.78, 5) is 57.9. The van der Waals surface area contributed by atoms with E-state index in [1.165, 1.54) is 17.0 Å². The lowest BCUT2D eigenvalue weighted by molar-refractivity contribution is -0.122. The number of halogens is 2. The van der Waals surface area contributed by atoms with Gasteiger partial charge >= 0.3 is 5.97 Å². The molecule has 210 valence electrons. The second-order valence-electron chi connectivity index (χ2n) is 10.4. The number of pyridine rings is 1. The molecule has 3 unspecified atom stereocenters. The van der Waals surface area contributed by atoms with Crippen molar-refractivity contribution < 1.29 is 28.3 Å². The number of ketones is 1. The van der Waals surface area contributed by atoms with Gasteiger partial charge in [0.15, 0.2) is 12.4 Å². The topological polar surface area (TPSA) is 93.6 Å². The van der Waals surface area contributed by atoms with E-state index in [-0.39, 0.29) is 40.7 Å². The summed E-state index contributed by atoms with van der Waals surface area (Å²) in [5.74, 6) is -2.86. The first-order chi connectivity index (χ1) is 20.2. The maximum absolute atomic E-state index is 13.2. The van der Waals surface area contributed by atoms with Crippen molar-refractivity contribution in [3.05, 3.63) is 107 Å². The number of aromatic nitrogens is 1. The molecule has 7 nitrogen and oxygen atoms in total. The molecule has 9 heteroatoms. The smallest absolute Gasteiger partial charge is 0.339 e. The molecule has 42 heavy (non-hydrogen) atoms. The van der Waals surface area contributed by atoms with Crippen LogP contribution >= 0.6 is 11.6 Å². The average molecular weight is 583 g/mol. The van der Waals surface area contributed by atoms with Gasteiger partial charge in [0.1, 0.15) is 5.82 Å². The highest BCUT2D eigenvalue weighted by molar-refractivity contribution is 6.35. The summed E-state index contributed by atoms with van der Waals surface area (Å²) in [5.41, 5.74) is 2.23. The van der Waals surface area contributed by atoms with Gasteiger partial charge in [-0.25, -0.2) is 14.2 Å². The monoisotopic (exact) mass is 582 g/mol. The predicted octanol–water partition coefficient (Wildman–Crippen LogP) is 6.44. The zero-order chi connectivity index (χ0) is 29.5. The SMILES string of the molecule is CC1C=CCC2C(=O)N(c3ccc(-c4cc(C(=O)OCC(=O)c5ccc(F)cc5)c5cccc(Cl)c5n4)cc3)C(=O)C12. The number of imide groups is 1. The van der Waals surface area contributed by atoms with E-state index in [9.17, 15) is 23.6 Å². The summed E-state index contributed by atoms with van der Waals surface area (Å²) in [7, 11) is 0. The molecule has 1 saturated heterocycles. The van der Waals surface area contributed by atoms with Crippen molar-refractivity contribution in [2.75, 3.05) is 11.5 Å². The number of benzene rings is 3. The quantitative estimate of drug-likeness (QED) is 0.112. The van der Waals surface area contributed by atoms with E-state index in [2.05, 4.69) is 4.98 Å². The molecule has 3 aromatic carbocycles. The number of carbonyl (C=O) groups is 4. The Hall–Kier alpha value is -4.69. The van der Waals surface area contributed by atoms with Gasteiger partial charge in [-0.3, -0.25) is 19.3 Å². The number of anilines is 1. The van der Waals surface area contributed by atoms with Crippen LogP contribution in [0, 0.1) is 23.6 Å². The number of esters is 1. The van der Waals surface area contributed by atoms with Crippen LogP contribution in [-0.2, 0) is 14.3 Å². The van der Waals surface area contributed by atoms with Crippen molar-refractivity contribution >= 4 is 51.8 Å². The molecular formula is C33H24ClFN2O5. The molecule has 2 heterocycles. The van der Waals surface area contributed by atoms with Crippen LogP contribution in [0.15, 0.2) is 84.9 Å². The number of rotatable bonds is 6. The number of hydrogen-bond donors (Lipinski definition) is 0. The first-order valence-electron chi connectivity index (χ1n) is 13.4. The van der Waals surface area contributed by atoms with E-state index in [0.29, 0.717) is 39.3 Å². The number of para-hydroxylation sites is 1. The van der Waals surface area contributed by atoms with Crippen molar-refractivity contribution in [3.63, 3.8) is 0 Å². The zero-order valence-corrected chi connectivity index (χ0v) is 23.2. The molecule has 1 aliphatic carbocycles. The van der Waals surface area contributed by atoms with Crippen LogP contribution in [0.3, 0.4) is 0 Å². The van der Waals surface area contributed by atoms with Crippen molar-refractivity contribution in [1.29, 1.82) is 0 Å². The predicted molar refractivity (Wildman–Crippen MR) is 156 cm³/mol. The number of hydrogen-bond acceptors (Lipinski definition) is 6. The fourth-order valence-electron chi connectivity index (χ4n) is 5.64. The molecule has 0 saturated carbocycles. The van der Waals surface area contributed by atoms with E-state index < -0.39 is 24.2 Å². The van der Waals surface area contributed by atoms with E-state index in [1.54, 1.807) is 48.5 Å². The highest BCUT2D eigenvalue weighted by Gasteiger charge is 2.50. The summed E-state index contributed by atoms with van der Waals surface area (Å²) in [6.07, 6.45) is 4.49. The number of allylic oxidation sites excluding steroid dienone is 2. The zero-order valence-electron chi connectivity index (χ0n) is 22.4. The van der Waals surface area contributed by atoms with E-state index in [4.69, 9.17) is 16.3 Å². The third kappa shape index (κ3) is 4.88. The minimum Gasteiger partial charge on any atom is -0.454 e. The second kappa shape index (κ2) is 10.9. The van der Waals surface area contributed by atoms with Crippen LogP contribution in [0.2, 0.25) is 5.02 Å². The summed E-state index contributed by atoms with van der Waals surface area (Å²) < 4.78 is 18.5. The van der Waals surface area contributed by atoms with Gasteiger partial charge in [-0.2, -0.15) is 0 Å². The van der Waals surface area contributed by atoms with Crippen molar-refractivity contribution in [2.45, 2.75) is 13.3 Å². The van der Waals surface area contributed by atoms with Gasteiger partial charge in [-0.05, 0) is 60.9 Å². The Morgan fingerprint density at radius 3 is 2.48 bits per heavy atom. The average Bonchev–Trinajstić information content (AvgIpc) is 3.26. The van der Waals surface area contributed by atoms with E-state index >= 15 is 0 Å². The highest BCUT2D eigenvalue weighted by atomic mass is 35.5. The van der Waals surface area contributed by atoms with Gasteiger partial charge < -0.3 is 4.74 Å². The highest BCUT2D eigenvalue weighted by Crippen LogP contribution is 2.41. The fourth-order valence-corrected chi connectivity index (χ4v) is 5.86. The molecule has 4 aromatic rings. The van der Waals surface area contributed by atoms with Crippen molar-refractivity contribution in [3.8, 4) is 11.3 Å². The number of nitrogens with zero attached hydrogens (tertiary/aromatic N) is 2. The third-order valence-corrected chi connectivity index (χ3v) is 8.11. The number of amides is 2. The van der Waals surface area contributed by atoms with Crippen LogP contribution in [0.5, 0.6) is 0 Å². The van der Waals surface area contributed by atoms with Crippen LogP contribution < -0.4 is 4.90 Å². The Morgan fingerprint density at radius 1 is 1.02 bits per heavy atom. The van der Waals surface area contributed by atoms with Crippen LogP contribution in [-0.4, -0.2) is 35.2 Å². The number of fused-ring (bicyclic) bond motifs is 2. The fraction of sp³-hybridized carbons (Fsp3) is 0.182. The lowest BCUT2D eigenvalue weighted by Gasteiger charge is -2.22. The number of Topliss-reactive ketones (excluding diaryl/α,β-unsaturated/α-hetero) is 1. The molecule has 1 aliphatic heterocycles. The standard InChI is InChI=1S/C33H24ClFN2O5/c1-18-4-2-6-24-29(18)32(40)37(31(24)39)22-14-10-19(11-15-22)27-16-25(23-5-3-7-26(34)30(23)36-27)33(41)42-17-28(38)20-8-12-21(35)13-9-20/h2-5,7-16,18,24,29H,6,17H2,1H3. The molecule has 0 N–H and O–H groups in total. The molecule has 6 rings (SSSR count). The maximum atomic E-state index is 13.2. The van der Waals surface area contributed by atoms with Gasteiger partial charge in [0, 0.05) is 16.5 Å². The van der Waals surface area contributed by atoms with Crippen LogP contribution in [0.1, 0.15) is 34.1 Å². The normalized spacial score (nSPS) is 19.7. The Labute approximate surface area is 245 Å². The largest absolute Gasteiger partial charge is 0.454 e. The minimum absolute atomic E-state index is 0.0137. The Kier molecular flexibility index (Phi) is 7.16. The van der Waals surface area contributed by atoms with Gasteiger partial charge in [-0.1, -0.05) is 54.9 Å². The molecule has 2 aliphatic rings. The third-order valence-electron chi connectivity index (χ3n) is 7.80. The molecule has 0 spiro atoms. The molecule has 0 radical (unpaired) electrons. The van der Waals surface area contributed by atoms with Gasteiger partial charge in [0.2, 0.25) is 11.8 Å². The van der Waals surface area contributed by atoms with Crippen molar-refractivity contribution in [2.24, 2.45) is 17.8 Å². The van der Waals surface area contributed by atoms with Gasteiger partial charge in [-0.15, -0.1) is 0 Å². The number of ether oxygens (including phenoxy) is 1. The molecule has 3 atom stereocenters. The molecule has 1 fully saturated rings. The van der Waals surface area contributed by atoms with Crippen LogP contribution in [0.25, 0.3) is 22.2 Å². The summed E-state index contributed by atoms with van der Waals surface area (Å²) in [6, 6.07) is 18.3. The van der Waals surface area contributed by atoms with Crippen LogP contribution in [0.4, 0.5) is 10.1 Å². The lowest BCUT2D eigenvalue weighted by Crippen LogP contribution is -2.31. The first-order valence-corrected chi connectivity index (χ1v) is 13.8. The van der Waals surface area contributed by atoms with E-state index in [1.807, 2.05) is 19.1 Å². The van der Waals surface area contributed by atoms with Gasteiger partial charge in [0.25, 0.3) is 0 Å². The molecule has 0 bridgehead atoms. The maximum Gasteiger partial charge on any atom is 0.339 e. The first kappa shape index (κ1) is 27.5. The number of carbonyl (C=O) groups excluding carboxylic acids is 4. The second-order valence-corrected chi connectivity index (χ2v) is 10.8. The van der Waals surface area contributed by atoms with E-state index in [0.717, 1.165) is 12.1 Å². The summed E-state index contributed by atoms with van der Waals surface area (Å²) in [5, 5.41) is 0.765. The summed E-state index contributed by atoms with van der Waals surface area (Å²) in [6.45, 7) is 1.41. The molecule has 2 amide bonds. The lowest BCUT2D eigenvalue weighted by atomic mass is 9.78. The Morgan fingerprint density at radius 2 is 1.76 bits per heavy atom. The molecular weight excluding hydrogens is 559 g/mol.